The lowest BCUT2D eigenvalue weighted by Crippen LogP contribution is -2.34. The van der Waals surface area contributed by atoms with Gasteiger partial charge in [0.05, 0.1) is 0 Å². The molecule has 1 fully saturated rings. The Morgan fingerprint density at radius 3 is 2.13 bits per heavy atom. The Morgan fingerprint density at radius 2 is 1.53 bits per heavy atom. The first-order valence-electron chi connectivity index (χ1n) is 6.94. The first kappa shape index (κ1) is 13.0. The molecule has 0 atom stereocenters. The predicted molar refractivity (Wildman–Crippen MR) is 67.3 cm³/mol. The minimum Gasteiger partial charge on any atom is -0.238 e. The van der Waals surface area contributed by atoms with Gasteiger partial charge in [-0.25, -0.2) is 5.32 Å². The lowest BCUT2D eigenvalue weighted by molar-refractivity contribution is 0.313. The van der Waals surface area contributed by atoms with Gasteiger partial charge in [-0.3, -0.25) is 0 Å². The van der Waals surface area contributed by atoms with Crippen molar-refractivity contribution < 1.29 is 0 Å². The monoisotopic (exact) mass is 210 g/mol. The lowest BCUT2D eigenvalue weighted by Gasteiger charge is -2.26. The van der Waals surface area contributed by atoms with Gasteiger partial charge in [0.2, 0.25) is 0 Å². The minimum absolute atomic E-state index is 0.407. The SMILES string of the molecule is CCCCCCCCC1([N]C)CCCC1. The molecule has 1 heteroatoms. The molecule has 0 unspecified atom stereocenters. The molecule has 0 spiro atoms. The first-order valence-corrected chi connectivity index (χ1v) is 6.94. The van der Waals surface area contributed by atoms with Crippen LogP contribution in [-0.4, -0.2) is 12.6 Å². The molecule has 1 aliphatic carbocycles. The van der Waals surface area contributed by atoms with Crippen molar-refractivity contribution in [2.45, 2.75) is 83.1 Å². The summed E-state index contributed by atoms with van der Waals surface area (Å²) < 4.78 is 0. The second-order valence-electron chi connectivity index (χ2n) is 5.17. The van der Waals surface area contributed by atoms with Gasteiger partial charge in [0, 0.05) is 12.6 Å². The lowest BCUT2D eigenvalue weighted by atomic mass is 9.90. The van der Waals surface area contributed by atoms with Gasteiger partial charge in [-0.1, -0.05) is 58.3 Å². The third-order valence-corrected chi connectivity index (χ3v) is 4.00. The molecule has 1 saturated carbocycles. The van der Waals surface area contributed by atoms with Crippen LogP contribution in [0.2, 0.25) is 0 Å². The van der Waals surface area contributed by atoms with Crippen LogP contribution in [0, 0.1) is 0 Å². The standard InChI is InChI=1S/C14H28N/c1-3-4-5-6-7-8-11-14(15-2)12-9-10-13-14/h3-13H2,1-2H3. The zero-order valence-electron chi connectivity index (χ0n) is 10.7. The average Bonchev–Trinajstić information content (AvgIpc) is 2.73. The summed E-state index contributed by atoms with van der Waals surface area (Å²) in [7, 11) is 2.03. The van der Waals surface area contributed by atoms with Crippen molar-refractivity contribution in [2.24, 2.45) is 0 Å². The van der Waals surface area contributed by atoms with Crippen LogP contribution < -0.4 is 5.32 Å². The molecule has 0 aromatic heterocycles. The van der Waals surface area contributed by atoms with E-state index < -0.39 is 0 Å². The normalized spacial score (nSPS) is 19.6. The molecule has 0 aromatic carbocycles. The van der Waals surface area contributed by atoms with Crippen LogP contribution in [0.5, 0.6) is 0 Å². The van der Waals surface area contributed by atoms with Crippen LogP contribution >= 0.6 is 0 Å². The van der Waals surface area contributed by atoms with E-state index in [4.69, 9.17) is 0 Å². The number of nitrogens with zero attached hydrogens (tertiary/aromatic N) is 1. The smallest absolute Gasteiger partial charge is 0.0353 e. The molecular weight excluding hydrogens is 182 g/mol. The Kier molecular flexibility index (Phi) is 6.31. The molecule has 0 aliphatic heterocycles. The predicted octanol–water partition coefficient (Wildman–Crippen LogP) is 4.28. The van der Waals surface area contributed by atoms with Crippen LogP contribution in [-0.2, 0) is 0 Å². The summed E-state index contributed by atoms with van der Waals surface area (Å²) in [5.74, 6) is 0. The summed E-state index contributed by atoms with van der Waals surface area (Å²) in [6.45, 7) is 2.28. The molecule has 0 saturated heterocycles. The summed E-state index contributed by atoms with van der Waals surface area (Å²) in [4.78, 5) is 0. The molecule has 0 bridgehead atoms. The molecule has 0 N–H and O–H groups in total. The Bertz CT molecular complexity index is 147. The summed E-state index contributed by atoms with van der Waals surface area (Å²) in [5, 5.41) is 4.65. The van der Waals surface area contributed by atoms with Crippen molar-refractivity contribution in [1.82, 2.24) is 5.32 Å². The maximum absolute atomic E-state index is 4.65. The van der Waals surface area contributed by atoms with Crippen LogP contribution in [0.3, 0.4) is 0 Å². The summed E-state index contributed by atoms with van der Waals surface area (Å²) in [6.07, 6.45) is 15.4. The van der Waals surface area contributed by atoms with E-state index in [-0.39, 0.29) is 0 Å². The quantitative estimate of drug-likeness (QED) is 0.531. The summed E-state index contributed by atoms with van der Waals surface area (Å²) >= 11 is 0. The van der Waals surface area contributed by atoms with E-state index in [1.165, 1.54) is 70.6 Å². The Labute approximate surface area is 96.0 Å². The van der Waals surface area contributed by atoms with Gasteiger partial charge in [-0.05, 0) is 19.3 Å². The largest absolute Gasteiger partial charge is 0.238 e. The third kappa shape index (κ3) is 4.55. The molecule has 0 heterocycles. The Hall–Kier alpha value is -0.0400. The highest BCUT2D eigenvalue weighted by Crippen LogP contribution is 2.34. The van der Waals surface area contributed by atoms with Crippen molar-refractivity contribution in [2.75, 3.05) is 7.05 Å². The van der Waals surface area contributed by atoms with Crippen LogP contribution in [0.15, 0.2) is 0 Å². The zero-order valence-corrected chi connectivity index (χ0v) is 10.7. The molecule has 1 rings (SSSR count). The van der Waals surface area contributed by atoms with Crippen molar-refractivity contribution in [3.63, 3.8) is 0 Å². The fraction of sp³-hybridized carbons (Fsp3) is 1.00. The fourth-order valence-electron chi connectivity index (χ4n) is 2.85. The minimum atomic E-state index is 0.407. The molecule has 89 valence electrons. The third-order valence-electron chi connectivity index (χ3n) is 4.00. The van der Waals surface area contributed by atoms with Gasteiger partial charge in [0.1, 0.15) is 0 Å². The molecule has 1 nitrogen and oxygen atoms in total. The van der Waals surface area contributed by atoms with Crippen molar-refractivity contribution in [3.05, 3.63) is 0 Å². The highest BCUT2D eigenvalue weighted by Gasteiger charge is 2.32. The molecule has 0 amide bonds. The zero-order chi connectivity index (χ0) is 11.0. The van der Waals surface area contributed by atoms with Crippen molar-refractivity contribution in [1.29, 1.82) is 0 Å². The molecule has 15 heavy (non-hydrogen) atoms. The number of rotatable bonds is 8. The van der Waals surface area contributed by atoms with Crippen LogP contribution in [0.25, 0.3) is 0 Å². The van der Waals surface area contributed by atoms with Gasteiger partial charge in [-0.15, -0.1) is 0 Å². The van der Waals surface area contributed by atoms with Gasteiger partial charge < -0.3 is 0 Å². The van der Waals surface area contributed by atoms with Crippen LogP contribution in [0.4, 0.5) is 0 Å². The molecular formula is C14H28N. The molecule has 0 aromatic rings. The van der Waals surface area contributed by atoms with E-state index in [1.54, 1.807) is 0 Å². The van der Waals surface area contributed by atoms with Gasteiger partial charge in [-0.2, -0.15) is 0 Å². The number of hydrogen-bond acceptors (Lipinski definition) is 0. The second-order valence-corrected chi connectivity index (χ2v) is 5.17. The average molecular weight is 210 g/mol. The highest BCUT2D eigenvalue weighted by atomic mass is 14.9. The highest BCUT2D eigenvalue weighted by molar-refractivity contribution is 4.90. The van der Waals surface area contributed by atoms with E-state index >= 15 is 0 Å². The van der Waals surface area contributed by atoms with Gasteiger partial charge in [0.25, 0.3) is 0 Å². The van der Waals surface area contributed by atoms with Crippen LogP contribution in [0.1, 0.15) is 77.6 Å². The van der Waals surface area contributed by atoms with E-state index in [1.807, 2.05) is 7.05 Å². The van der Waals surface area contributed by atoms with Crippen molar-refractivity contribution in [3.8, 4) is 0 Å². The molecule has 1 radical (unpaired) electrons. The Morgan fingerprint density at radius 1 is 0.933 bits per heavy atom. The maximum atomic E-state index is 4.65. The maximum Gasteiger partial charge on any atom is 0.0353 e. The van der Waals surface area contributed by atoms with E-state index in [0.29, 0.717) is 5.54 Å². The van der Waals surface area contributed by atoms with E-state index in [9.17, 15) is 0 Å². The van der Waals surface area contributed by atoms with E-state index in [2.05, 4.69) is 12.2 Å². The van der Waals surface area contributed by atoms with E-state index in [0.717, 1.165) is 0 Å². The summed E-state index contributed by atoms with van der Waals surface area (Å²) in [5.41, 5.74) is 0.407. The van der Waals surface area contributed by atoms with Crippen molar-refractivity contribution >= 4 is 0 Å². The topological polar surface area (TPSA) is 14.1 Å². The number of unbranched alkanes of at least 4 members (excludes halogenated alkanes) is 5. The summed E-state index contributed by atoms with van der Waals surface area (Å²) in [6, 6.07) is 0. The fourth-order valence-corrected chi connectivity index (χ4v) is 2.85. The molecule has 1 aliphatic rings. The van der Waals surface area contributed by atoms with Gasteiger partial charge in [0.15, 0.2) is 0 Å². The first-order chi connectivity index (χ1) is 7.33. The number of hydrogen-bond donors (Lipinski definition) is 0. The second kappa shape index (κ2) is 7.27. The van der Waals surface area contributed by atoms with Gasteiger partial charge >= 0.3 is 0 Å². The Balaban J connectivity index is 2.02.